The molecule has 0 saturated heterocycles. The van der Waals surface area contributed by atoms with Crippen molar-refractivity contribution in [1.29, 1.82) is 0 Å². The van der Waals surface area contributed by atoms with E-state index in [2.05, 4.69) is 20.1 Å². The standard InChI is InChI=1S/C20H15N5O2/c26-20-16-7-3-4-8-17(16)27-12-6-2-1-5-10-21-18-9-11-22-19-13-15(14-23-20)24-25(18)19/h1-14,22H. The van der Waals surface area contributed by atoms with Crippen molar-refractivity contribution in [3.8, 4) is 0 Å². The first-order valence-corrected chi connectivity index (χ1v) is 8.25. The molecule has 0 aliphatic rings. The van der Waals surface area contributed by atoms with Crippen LogP contribution in [0, 0.1) is 0 Å². The summed E-state index contributed by atoms with van der Waals surface area (Å²) in [4.78, 5) is 24.0. The van der Waals surface area contributed by atoms with E-state index in [1.165, 1.54) is 12.5 Å². The highest BCUT2D eigenvalue weighted by Gasteiger charge is 1.99. The zero-order valence-electron chi connectivity index (χ0n) is 14.2. The van der Waals surface area contributed by atoms with Crippen molar-refractivity contribution in [3.05, 3.63) is 95.9 Å². The van der Waals surface area contributed by atoms with Crippen LogP contribution in [-0.4, -0.2) is 24.6 Å². The van der Waals surface area contributed by atoms with Crippen molar-refractivity contribution < 1.29 is 4.42 Å². The number of para-hydroxylation sites is 1. The summed E-state index contributed by atoms with van der Waals surface area (Å²) in [5.74, 6) is 0. The first kappa shape index (κ1) is 16.5. The average molecular weight is 357 g/mol. The Kier molecular flexibility index (Phi) is 4.57. The van der Waals surface area contributed by atoms with Gasteiger partial charge in [-0.3, -0.25) is 4.79 Å². The highest BCUT2D eigenvalue weighted by atomic mass is 16.3. The van der Waals surface area contributed by atoms with Gasteiger partial charge in [0.15, 0.2) is 5.65 Å². The molecule has 27 heavy (non-hydrogen) atoms. The van der Waals surface area contributed by atoms with E-state index in [1.807, 2.05) is 6.07 Å². The third-order valence-electron chi connectivity index (χ3n) is 3.74. The van der Waals surface area contributed by atoms with Gasteiger partial charge in [-0.2, -0.15) is 9.61 Å². The van der Waals surface area contributed by atoms with Gasteiger partial charge < -0.3 is 9.40 Å². The van der Waals surface area contributed by atoms with Crippen LogP contribution in [0.4, 0.5) is 0 Å². The van der Waals surface area contributed by atoms with Gasteiger partial charge in [-0.25, -0.2) is 9.97 Å². The summed E-state index contributed by atoms with van der Waals surface area (Å²) in [5.41, 5.74) is 1.94. The summed E-state index contributed by atoms with van der Waals surface area (Å²) in [7, 11) is 0. The van der Waals surface area contributed by atoms with Gasteiger partial charge in [-0.15, -0.1) is 0 Å². The third kappa shape index (κ3) is 3.67. The topological polar surface area (TPSA) is 89.1 Å². The van der Waals surface area contributed by atoms with Crippen molar-refractivity contribution >= 4 is 27.8 Å². The highest BCUT2D eigenvalue weighted by Crippen LogP contribution is 2.07. The Bertz CT molecular complexity index is 1320. The van der Waals surface area contributed by atoms with Gasteiger partial charge >= 0.3 is 0 Å². The van der Waals surface area contributed by atoms with Gasteiger partial charge in [0, 0.05) is 18.5 Å². The number of H-pyrrole nitrogens is 1. The first-order valence-electron chi connectivity index (χ1n) is 8.25. The molecule has 0 saturated carbocycles. The molecule has 7 heteroatoms. The molecule has 0 spiro atoms. The van der Waals surface area contributed by atoms with Crippen LogP contribution in [0.15, 0.2) is 94.7 Å². The number of nitrogens with one attached hydrogen (secondary N) is 1. The summed E-state index contributed by atoms with van der Waals surface area (Å²) < 4.78 is 7.21. The maximum absolute atomic E-state index is 12.5. The van der Waals surface area contributed by atoms with Gasteiger partial charge in [0.05, 0.1) is 17.8 Å². The molecule has 7 nitrogen and oxygen atoms in total. The lowest BCUT2D eigenvalue weighted by Crippen LogP contribution is -2.01. The molecular formula is C20H15N5O2. The molecule has 0 aliphatic heterocycles. The summed E-state index contributed by atoms with van der Waals surface area (Å²) in [6, 6.07) is 17.7. The molecule has 3 heterocycles. The fourth-order valence-electron chi connectivity index (χ4n) is 2.51. The number of nitrogens with zero attached hydrogens (tertiary/aromatic N) is 4. The minimum atomic E-state index is -0.411. The number of hydrogen-bond donors (Lipinski definition) is 1. The molecule has 4 aromatic rings. The number of benzene rings is 1. The van der Waals surface area contributed by atoms with Crippen LogP contribution in [0.1, 0.15) is 0 Å². The number of rotatable bonds is 0. The van der Waals surface area contributed by atoms with Crippen molar-refractivity contribution in [3.63, 3.8) is 0 Å². The number of aromatic amines is 1. The van der Waals surface area contributed by atoms with Crippen molar-refractivity contribution in [2.45, 2.75) is 0 Å². The fraction of sp³-hybridized carbons (Fsp3) is 0. The number of hydrogen-bond acceptors (Lipinski definition) is 5. The molecule has 1 aromatic carbocycles. The van der Waals surface area contributed by atoms with Crippen LogP contribution >= 0.6 is 0 Å². The van der Waals surface area contributed by atoms with E-state index >= 15 is 0 Å². The molecule has 3 aromatic heterocycles. The van der Waals surface area contributed by atoms with E-state index in [4.69, 9.17) is 4.42 Å². The maximum atomic E-state index is 12.5. The van der Waals surface area contributed by atoms with E-state index in [1.54, 1.807) is 71.5 Å². The lowest BCUT2D eigenvalue weighted by molar-refractivity contribution is 0.606. The van der Waals surface area contributed by atoms with E-state index < -0.39 is 5.56 Å². The van der Waals surface area contributed by atoms with Gasteiger partial charge in [0.25, 0.3) is 5.56 Å². The molecule has 0 unspecified atom stereocenters. The Morgan fingerprint density at radius 1 is 0.963 bits per heavy atom. The molecule has 0 amide bonds. The van der Waals surface area contributed by atoms with Gasteiger partial charge in [0.1, 0.15) is 16.7 Å². The Labute approximate surface area is 153 Å². The van der Waals surface area contributed by atoms with E-state index in [0.717, 1.165) is 5.65 Å². The maximum Gasteiger partial charge on any atom is 0.280 e. The second-order valence-electron chi connectivity index (χ2n) is 5.56. The molecule has 2 bridgehead atoms. The summed E-state index contributed by atoms with van der Waals surface area (Å²) >= 11 is 0. The smallest absolute Gasteiger partial charge is 0.280 e. The molecule has 0 aliphatic carbocycles. The van der Waals surface area contributed by atoms with Crippen LogP contribution in [0.5, 0.6) is 0 Å². The zero-order chi connectivity index (χ0) is 18.5. The van der Waals surface area contributed by atoms with Gasteiger partial charge in [-0.05, 0) is 30.3 Å². The normalized spacial score (nSPS) is 10.4. The van der Waals surface area contributed by atoms with Crippen LogP contribution in [0.25, 0.3) is 27.8 Å². The Hall–Kier alpha value is -4.00. The predicted octanol–water partition coefficient (Wildman–Crippen LogP) is 3.52. The zero-order valence-corrected chi connectivity index (χ0v) is 14.2. The minimum Gasteiger partial charge on any atom is -0.464 e. The average Bonchev–Trinajstić information content (AvgIpc) is 3.12. The van der Waals surface area contributed by atoms with E-state index in [9.17, 15) is 4.79 Å². The second kappa shape index (κ2) is 7.49. The number of aromatic nitrogens is 5. The fourth-order valence-corrected chi connectivity index (χ4v) is 2.51. The van der Waals surface area contributed by atoms with Crippen molar-refractivity contribution in [1.82, 2.24) is 24.6 Å². The van der Waals surface area contributed by atoms with E-state index in [-0.39, 0.29) is 0 Å². The molecule has 0 fully saturated rings. The summed E-state index contributed by atoms with van der Waals surface area (Å²) in [6.07, 6.45) is 6.38. The number of fused-ring (bicyclic) bond motifs is 2. The minimum absolute atomic E-state index is 0.373. The molecule has 0 atom stereocenters. The molecule has 4 rings (SSSR count). The van der Waals surface area contributed by atoms with Gasteiger partial charge in [-0.1, -0.05) is 24.3 Å². The third-order valence-corrected chi connectivity index (χ3v) is 3.74. The van der Waals surface area contributed by atoms with Crippen molar-refractivity contribution in [2.75, 3.05) is 0 Å². The quantitative estimate of drug-likeness (QED) is 0.520. The molecular weight excluding hydrogens is 342 g/mol. The second-order valence-corrected chi connectivity index (χ2v) is 5.56. The Morgan fingerprint density at radius 2 is 1.85 bits per heavy atom. The Morgan fingerprint density at radius 3 is 2.81 bits per heavy atom. The van der Waals surface area contributed by atoms with Crippen LogP contribution in [0.3, 0.4) is 0 Å². The molecule has 0 radical (unpaired) electrons. The SMILES string of the molecule is O=c1ncc2cc3[nH]ccc(nccccccoc4ccccc14)n3n2. The predicted molar refractivity (Wildman–Crippen MR) is 103 cm³/mol. The molecule has 1 N–H and O–H groups in total. The summed E-state index contributed by atoms with van der Waals surface area (Å²) in [6.45, 7) is 0. The highest BCUT2D eigenvalue weighted by molar-refractivity contribution is 5.74. The van der Waals surface area contributed by atoms with Gasteiger partial charge in [0.2, 0.25) is 0 Å². The lowest BCUT2D eigenvalue weighted by atomic mass is 10.3. The first-order chi connectivity index (χ1) is 13.3. The van der Waals surface area contributed by atoms with Crippen molar-refractivity contribution in [2.24, 2.45) is 0 Å². The summed E-state index contributed by atoms with van der Waals surface area (Å²) in [5, 5.41) is 4.80. The lowest BCUT2D eigenvalue weighted by Gasteiger charge is -1.93. The van der Waals surface area contributed by atoms with E-state index in [0.29, 0.717) is 22.1 Å². The van der Waals surface area contributed by atoms with Crippen LogP contribution < -0.4 is 5.56 Å². The van der Waals surface area contributed by atoms with Crippen LogP contribution in [0.2, 0.25) is 0 Å². The largest absolute Gasteiger partial charge is 0.464 e. The monoisotopic (exact) mass is 357 g/mol. The van der Waals surface area contributed by atoms with Crippen LogP contribution in [-0.2, 0) is 0 Å². The molecule has 132 valence electrons. The Balaban J connectivity index is 2.08.